The van der Waals surface area contributed by atoms with Gasteiger partial charge >= 0.3 is 6.03 Å². The Labute approximate surface area is 173 Å². The maximum Gasteiger partial charge on any atom is 0.322 e. The van der Waals surface area contributed by atoms with E-state index < -0.39 is 35.8 Å². The maximum absolute atomic E-state index is 13.1. The zero-order valence-electron chi connectivity index (χ0n) is 16.5. The van der Waals surface area contributed by atoms with Gasteiger partial charge in [0.2, 0.25) is 5.91 Å². The van der Waals surface area contributed by atoms with Gasteiger partial charge in [-0.2, -0.15) is 0 Å². The molecule has 3 rings (SSSR count). The largest absolute Gasteiger partial charge is 0.497 e. The third-order valence-electron chi connectivity index (χ3n) is 4.74. The first-order valence-electron chi connectivity index (χ1n) is 9.26. The highest BCUT2D eigenvalue weighted by Crippen LogP contribution is 2.24. The minimum atomic E-state index is -0.964. The first-order chi connectivity index (χ1) is 14.4. The molecule has 0 unspecified atom stereocenters. The molecular weight excluding hydrogens is 388 g/mol. The van der Waals surface area contributed by atoms with Crippen molar-refractivity contribution in [1.29, 1.82) is 0 Å². The third kappa shape index (κ3) is 4.75. The molecule has 156 valence electrons. The van der Waals surface area contributed by atoms with E-state index in [0.29, 0.717) is 17.0 Å². The van der Waals surface area contributed by atoms with E-state index in [9.17, 15) is 19.2 Å². The van der Waals surface area contributed by atoms with E-state index in [-0.39, 0.29) is 6.42 Å². The van der Waals surface area contributed by atoms with E-state index in [0.717, 1.165) is 0 Å². The fourth-order valence-corrected chi connectivity index (χ4v) is 3.14. The molecular formula is C21H22N4O5. The van der Waals surface area contributed by atoms with Gasteiger partial charge in [-0.3, -0.25) is 19.7 Å². The predicted octanol–water partition coefficient (Wildman–Crippen LogP) is 1.43. The summed E-state index contributed by atoms with van der Waals surface area (Å²) in [6.07, 6.45) is -0.257. The number of nitrogens with one attached hydrogen (secondary N) is 3. The first kappa shape index (κ1) is 20.8. The Morgan fingerprint density at radius 1 is 1.10 bits per heavy atom. The lowest BCUT2D eigenvalue weighted by Crippen LogP contribution is -2.42. The van der Waals surface area contributed by atoms with Gasteiger partial charge < -0.3 is 20.3 Å². The van der Waals surface area contributed by atoms with Crippen molar-refractivity contribution in [2.45, 2.75) is 18.5 Å². The smallest absolute Gasteiger partial charge is 0.322 e. The summed E-state index contributed by atoms with van der Waals surface area (Å²) in [4.78, 5) is 50.2. The molecule has 0 bridgehead atoms. The molecule has 2 aromatic rings. The van der Waals surface area contributed by atoms with Gasteiger partial charge in [-0.05, 0) is 29.8 Å². The van der Waals surface area contributed by atoms with Crippen LogP contribution in [0.4, 0.5) is 10.5 Å². The Bertz CT molecular complexity index is 946. The second-order valence-electron chi connectivity index (χ2n) is 6.76. The van der Waals surface area contributed by atoms with Crippen LogP contribution >= 0.6 is 0 Å². The van der Waals surface area contributed by atoms with Crippen molar-refractivity contribution in [3.05, 3.63) is 60.2 Å². The van der Waals surface area contributed by atoms with Gasteiger partial charge in [-0.1, -0.05) is 30.3 Å². The average Bonchev–Trinajstić information content (AvgIpc) is 3.06. The third-order valence-corrected chi connectivity index (χ3v) is 4.74. The molecule has 2 atom stereocenters. The van der Waals surface area contributed by atoms with Crippen LogP contribution in [-0.4, -0.2) is 48.9 Å². The van der Waals surface area contributed by atoms with E-state index >= 15 is 0 Å². The maximum atomic E-state index is 13.1. The Hall–Kier alpha value is -3.88. The van der Waals surface area contributed by atoms with Gasteiger partial charge in [0.15, 0.2) is 0 Å². The summed E-state index contributed by atoms with van der Waals surface area (Å²) in [6.45, 7) is 0. The Balaban J connectivity index is 1.79. The molecule has 0 aliphatic carbocycles. The molecule has 0 spiro atoms. The number of ether oxygens (including phenoxy) is 1. The Morgan fingerprint density at radius 2 is 1.77 bits per heavy atom. The molecule has 1 aliphatic heterocycles. The normalized spacial score (nSPS) is 16.3. The minimum absolute atomic E-state index is 0.257. The highest BCUT2D eigenvalue weighted by Gasteiger charge is 2.35. The van der Waals surface area contributed by atoms with Crippen LogP contribution in [0, 0.1) is 0 Å². The zero-order chi connectivity index (χ0) is 21.7. The Kier molecular flexibility index (Phi) is 6.31. The molecule has 0 radical (unpaired) electrons. The van der Waals surface area contributed by atoms with Gasteiger partial charge in [0.25, 0.3) is 11.8 Å². The first-order valence-corrected chi connectivity index (χ1v) is 9.26. The molecule has 1 aliphatic rings. The van der Waals surface area contributed by atoms with E-state index in [2.05, 4.69) is 16.0 Å². The molecule has 0 aromatic heterocycles. The van der Waals surface area contributed by atoms with Crippen molar-refractivity contribution in [3.63, 3.8) is 0 Å². The number of hydrogen-bond acceptors (Lipinski definition) is 5. The molecule has 3 N–H and O–H groups in total. The van der Waals surface area contributed by atoms with Crippen molar-refractivity contribution < 1.29 is 23.9 Å². The molecule has 1 heterocycles. The summed E-state index contributed by atoms with van der Waals surface area (Å²) in [5.74, 6) is -0.796. The summed E-state index contributed by atoms with van der Waals surface area (Å²) in [7, 11) is 3.04. The summed E-state index contributed by atoms with van der Waals surface area (Å²) in [5.41, 5.74) is 1.16. The SMILES string of the molecule is COc1ccc(NC(=O)[C@H](c2ccccc2)N(C)C(=O)C[C@@H]2NC(=O)NC2=O)cc1. The van der Waals surface area contributed by atoms with Crippen molar-refractivity contribution >= 4 is 29.4 Å². The van der Waals surface area contributed by atoms with Crippen LogP contribution in [0.25, 0.3) is 0 Å². The number of imide groups is 1. The predicted molar refractivity (Wildman–Crippen MR) is 109 cm³/mol. The van der Waals surface area contributed by atoms with E-state index in [1.807, 2.05) is 6.07 Å². The molecule has 9 heteroatoms. The van der Waals surface area contributed by atoms with E-state index in [4.69, 9.17) is 4.74 Å². The van der Waals surface area contributed by atoms with Gasteiger partial charge in [-0.25, -0.2) is 4.79 Å². The lowest BCUT2D eigenvalue weighted by atomic mass is 10.0. The summed E-state index contributed by atoms with van der Waals surface area (Å²) in [5, 5.41) is 7.28. The van der Waals surface area contributed by atoms with Crippen molar-refractivity contribution in [2.24, 2.45) is 0 Å². The minimum Gasteiger partial charge on any atom is -0.497 e. The number of carbonyl (C=O) groups is 4. The molecule has 2 aromatic carbocycles. The van der Waals surface area contributed by atoms with Crippen molar-refractivity contribution in [2.75, 3.05) is 19.5 Å². The number of likely N-dealkylation sites (N-methyl/N-ethyl adjacent to an activating group) is 1. The van der Waals surface area contributed by atoms with Crippen molar-refractivity contribution in [1.82, 2.24) is 15.5 Å². The van der Waals surface area contributed by atoms with Crippen LogP contribution in [0.1, 0.15) is 18.0 Å². The second-order valence-corrected chi connectivity index (χ2v) is 6.76. The number of urea groups is 1. The number of hydrogen-bond donors (Lipinski definition) is 3. The molecule has 5 amide bonds. The molecule has 1 saturated heterocycles. The van der Waals surface area contributed by atoms with Crippen LogP contribution in [0.2, 0.25) is 0 Å². The zero-order valence-corrected chi connectivity index (χ0v) is 16.5. The average molecular weight is 410 g/mol. The van der Waals surface area contributed by atoms with Gasteiger partial charge in [0.05, 0.1) is 13.5 Å². The topological polar surface area (TPSA) is 117 Å². The Morgan fingerprint density at radius 3 is 2.33 bits per heavy atom. The van der Waals surface area contributed by atoms with E-state index in [1.165, 1.54) is 11.9 Å². The highest BCUT2D eigenvalue weighted by molar-refractivity contribution is 6.06. The number of nitrogens with zero attached hydrogens (tertiary/aromatic N) is 1. The molecule has 1 fully saturated rings. The van der Waals surface area contributed by atoms with Gasteiger partial charge in [0.1, 0.15) is 17.8 Å². The van der Waals surface area contributed by atoms with Gasteiger partial charge in [0, 0.05) is 12.7 Å². The quantitative estimate of drug-likeness (QED) is 0.597. The van der Waals surface area contributed by atoms with Crippen molar-refractivity contribution in [3.8, 4) is 5.75 Å². The standard InChI is InChI=1S/C21H22N4O5/c1-25(17(26)12-16-19(27)24-21(29)23-16)18(13-6-4-3-5-7-13)20(28)22-14-8-10-15(30-2)11-9-14/h3-11,16,18H,12H2,1-2H3,(H,22,28)(H2,23,24,27,29)/t16-,18-/m0/s1. The van der Waals surface area contributed by atoms with Gasteiger partial charge in [-0.15, -0.1) is 0 Å². The highest BCUT2D eigenvalue weighted by atomic mass is 16.5. The summed E-state index contributed by atoms with van der Waals surface area (Å²) < 4.78 is 5.11. The fourth-order valence-electron chi connectivity index (χ4n) is 3.14. The van der Waals surface area contributed by atoms with E-state index in [1.54, 1.807) is 55.6 Å². The fraction of sp³-hybridized carbons (Fsp3) is 0.238. The summed E-state index contributed by atoms with van der Waals surface area (Å²) in [6, 6.07) is 13.1. The van der Waals surface area contributed by atoms with Crippen LogP contribution in [0.3, 0.4) is 0 Å². The summed E-state index contributed by atoms with van der Waals surface area (Å²) >= 11 is 0. The monoisotopic (exact) mass is 410 g/mol. The number of amides is 5. The number of anilines is 1. The molecule has 9 nitrogen and oxygen atoms in total. The lowest BCUT2D eigenvalue weighted by Gasteiger charge is -2.28. The number of methoxy groups -OCH3 is 1. The number of carbonyl (C=O) groups excluding carboxylic acids is 4. The van der Waals surface area contributed by atoms with Crippen LogP contribution in [0.15, 0.2) is 54.6 Å². The second kappa shape index (κ2) is 9.08. The number of rotatable bonds is 7. The van der Waals surface area contributed by atoms with Crippen LogP contribution < -0.4 is 20.7 Å². The van der Waals surface area contributed by atoms with Crippen LogP contribution in [0.5, 0.6) is 5.75 Å². The lowest BCUT2D eigenvalue weighted by molar-refractivity contribution is -0.138. The molecule has 30 heavy (non-hydrogen) atoms. The van der Waals surface area contributed by atoms with Crippen LogP contribution in [-0.2, 0) is 14.4 Å². The molecule has 0 saturated carbocycles. The number of benzene rings is 2.